The number of carbonyl (C=O) groups is 1. The number of hydrogen-bond donors (Lipinski definition) is 0. The highest BCUT2D eigenvalue weighted by Crippen LogP contribution is 2.12. The van der Waals surface area contributed by atoms with Crippen LogP contribution in [0.4, 0.5) is 4.79 Å². The summed E-state index contributed by atoms with van der Waals surface area (Å²) in [5.74, 6) is 0. The van der Waals surface area contributed by atoms with Gasteiger partial charge in [0, 0.05) is 13.1 Å². The van der Waals surface area contributed by atoms with Crippen LogP contribution < -0.4 is 0 Å². The molecule has 0 rings (SSSR count). The largest absolute Gasteiger partial charge is 0.449 e. The summed E-state index contributed by atoms with van der Waals surface area (Å²) in [5.41, 5.74) is 0. The molecule has 0 aromatic heterocycles. The summed E-state index contributed by atoms with van der Waals surface area (Å²) in [7, 11) is 0. The van der Waals surface area contributed by atoms with E-state index in [1.165, 1.54) is 89.9 Å². The van der Waals surface area contributed by atoms with Crippen LogP contribution in [-0.4, -0.2) is 30.7 Å². The lowest BCUT2D eigenvalue weighted by atomic mass is 10.1. The molecule has 3 nitrogen and oxygen atoms in total. The van der Waals surface area contributed by atoms with Crippen LogP contribution in [0, 0.1) is 0 Å². The number of rotatable bonds is 20. The molecule has 3 heteroatoms. The zero-order chi connectivity index (χ0) is 20.0. The average Bonchev–Trinajstić information content (AvgIpc) is 2.68. The van der Waals surface area contributed by atoms with Crippen molar-refractivity contribution in [2.75, 3.05) is 19.7 Å². The van der Waals surface area contributed by atoms with Crippen molar-refractivity contribution >= 4 is 6.09 Å². The van der Waals surface area contributed by atoms with E-state index in [0.29, 0.717) is 6.61 Å². The third-order valence-electron chi connectivity index (χ3n) is 5.25. The van der Waals surface area contributed by atoms with Crippen LogP contribution in [0.15, 0.2) is 0 Å². The highest BCUT2D eigenvalue weighted by molar-refractivity contribution is 5.67. The fourth-order valence-electron chi connectivity index (χ4n) is 3.45. The predicted octanol–water partition coefficient (Wildman–Crippen LogP) is 8.12. The van der Waals surface area contributed by atoms with Crippen molar-refractivity contribution in [1.29, 1.82) is 0 Å². The minimum Gasteiger partial charge on any atom is -0.449 e. The molecular weight excluding hydrogens is 334 g/mol. The van der Waals surface area contributed by atoms with Crippen molar-refractivity contribution in [3.8, 4) is 0 Å². The normalized spacial score (nSPS) is 10.9. The van der Waals surface area contributed by atoms with Crippen molar-refractivity contribution in [1.82, 2.24) is 4.90 Å². The Morgan fingerprint density at radius 2 is 0.926 bits per heavy atom. The highest BCUT2D eigenvalue weighted by Gasteiger charge is 2.13. The number of nitrogens with zero attached hydrogens (tertiary/aromatic N) is 1. The monoisotopic (exact) mass is 383 g/mol. The van der Waals surface area contributed by atoms with Crippen molar-refractivity contribution in [3.05, 3.63) is 0 Å². The van der Waals surface area contributed by atoms with E-state index in [2.05, 4.69) is 20.8 Å². The summed E-state index contributed by atoms with van der Waals surface area (Å²) in [4.78, 5) is 14.2. The smallest absolute Gasteiger partial charge is 0.409 e. The molecule has 0 heterocycles. The third-order valence-corrected chi connectivity index (χ3v) is 5.25. The number of hydrogen-bond acceptors (Lipinski definition) is 2. The van der Waals surface area contributed by atoms with E-state index >= 15 is 0 Å². The summed E-state index contributed by atoms with van der Waals surface area (Å²) < 4.78 is 5.39. The predicted molar refractivity (Wildman–Crippen MR) is 118 cm³/mol. The van der Waals surface area contributed by atoms with Crippen LogP contribution in [0.25, 0.3) is 0 Å². The second-order valence-corrected chi connectivity index (χ2v) is 8.05. The Labute approximate surface area is 170 Å². The summed E-state index contributed by atoms with van der Waals surface area (Å²) in [5, 5.41) is 0. The molecule has 0 fully saturated rings. The van der Waals surface area contributed by atoms with Crippen molar-refractivity contribution in [2.45, 2.75) is 130 Å². The summed E-state index contributed by atoms with van der Waals surface area (Å²) >= 11 is 0. The van der Waals surface area contributed by atoms with Crippen LogP contribution in [-0.2, 0) is 4.74 Å². The first-order chi connectivity index (χ1) is 13.3. The number of amides is 1. The maximum atomic E-state index is 12.3. The van der Waals surface area contributed by atoms with Crippen LogP contribution in [0.2, 0.25) is 0 Å². The molecule has 27 heavy (non-hydrogen) atoms. The minimum atomic E-state index is -0.0947. The standard InChI is InChI=1S/C24H49NO2/c1-4-7-9-11-13-15-17-19-21-25(24(26)27-23-6-3)22-20-18-16-14-12-10-8-5-2/h4-23H2,1-3H3. The van der Waals surface area contributed by atoms with Crippen molar-refractivity contribution in [2.24, 2.45) is 0 Å². The molecule has 0 aliphatic carbocycles. The first-order valence-electron chi connectivity index (χ1n) is 12.2. The molecule has 0 radical (unpaired) electrons. The van der Waals surface area contributed by atoms with Gasteiger partial charge in [0.2, 0.25) is 0 Å². The second kappa shape index (κ2) is 21.6. The molecule has 0 bridgehead atoms. The van der Waals surface area contributed by atoms with Crippen LogP contribution >= 0.6 is 0 Å². The molecule has 0 N–H and O–H groups in total. The highest BCUT2D eigenvalue weighted by atomic mass is 16.6. The number of carbonyl (C=O) groups excluding carboxylic acids is 1. The molecule has 0 saturated heterocycles. The van der Waals surface area contributed by atoms with Crippen LogP contribution in [0.3, 0.4) is 0 Å². The molecule has 1 amide bonds. The van der Waals surface area contributed by atoms with Gasteiger partial charge in [-0.05, 0) is 19.3 Å². The molecular formula is C24H49NO2. The zero-order valence-corrected chi connectivity index (χ0v) is 18.9. The Bertz CT molecular complexity index is 287. The molecule has 0 atom stereocenters. The van der Waals surface area contributed by atoms with Gasteiger partial charge in [-0.15, -0.1) is 0 Å². The molecule has 0 aromatic carbocycles. The summed E-state index contributed by atoms with van der Waals surface area (Å²) in [6.45, 7) is 8.86. The Balaban J connectivity index is 3.85. The second-order valence-electron chi connectivity index (χ2n) is 8.05. The van der Waals surface area contributed by atoms with Gasteiger partial charge in [-0.1, -0.05) is 111 Å². The van der Waals surface area contributed by atoms with Gasteiger partial charge in [0.15, 0.2) is 0 Å². The van der Waals surface area contributed by atoms with E-state index in [9.17, 15) is 4.79 Å². The fraction of sp³-hybridized carbons (Fsp3) is 0.958. The Hall–Kier alpha value is -0.730. The van der Waals surface area contributed by atoms with E-state index in [1.807, 2.05) is 4.90 Å². The minimum absolute atomic E-state index is 0.0947. The maximum Gasteiger partial charge on any atom is 0.409 e. The van der Waals surface area contributed by atoms with Crippen molar-refractivity contribution < 1.29 is 9.53 Å². The first kappa shape index (κ1) is 26.3. The van der Waals surface area contributed by atoms with Gasteiger partial charge in [-0.25, -0.2) is 4.79 Å². The lowest BCUT2D eigenvalue weighted by Crippen LogP contribution is -2.33. The average molecular weight is 384 g/mol. The molecule has 0 aliphatic rings. The Morgan fingerprint density at radius 1 is 0.556 bits per heavy atom. The quantitative estimate of drug-likeness (QED) is 0.199. The van der Waals surface area contributed by atoms with E-state index in [1.54, 1.807) is 0 Å². The van der Waals surface area contributed by atoms with Crippen LogP contribution in [0.5, 0.6) is 0 Å². The summed E-state index contributed by atoms with van der Waals surface area (Å²) in [6, 6.07) is 0. The van der Waals surface area contributed by atoms with Gasteiger partial charge < -0.3 is 9.64 Å². The van der Waals surface area contributed by atoms with E-state index in [4.69, 9.17) is 4.74 Å². The lowest BCUT2D eigenvalue weighted by Gasteiger charge is -2.22. The van der Waals surface area contributed by atoms with Crippen molar-refractivity contribution in [3.63, 3.8) is 0 Å². The Kier molecular flexibility index (Phi) is 21.0. The maximum absolute atomic E-state index is 12.3. The van der Waals surface area contributed by atoms with Gasteiger partial charge in [0.25, 0.3) is 0 Å². The zero-order valence-electron chi connectivity index (χ0n) is 18.9. The van der Waals surface area contributed by atoms with E-state index in [0.717, 1.165) is 32.4 Å². The van der Waals surface area contributed by atoms with Gasteiger partial charge in [-0.3, -0.25) is 0 Å². The molecule has 162 valence electrons. The van der Waals surface area contributed by atoms with Gasteiger partial charge in [-0.2, -0.15) is 0 Å². The Morgan fingerprint density at radius 3 is 1.30 bits per heavy atom. The molecule has 0 saturated carbocycles. The van der Waals surface area contributed by atoms with E-state index in [-0.39, 0.29) is 6.09 Å². The van der Waals surface area contributed by atoms with E-state index < -0.39 is 0 Å². The van der Waals surface area contributed by atoms with Gasteiger partial charge >= 0.3 is 6.09 Å². The first-order valence-corrected chi connectivity index (χ1v) is 12.2. The topological polar surface area (TPSA) is 29.5 Å². The third kappa shape index (κ3) is 18.4. The molecule has 0 unspecified atom stereocenters. The van der Waals surface area contributed by atoms with Crippen LogP contribution in [0.1, 0.15) is 130 Å². The van der Waals surface area contributed by atoms with Gasteiger partial charge in [0.1, 0.15) is 0 Å². The number of unbranched alkanes of at least 4 members (excludes halogenated alkanes) is 14. The lowest BCUT2D eigenvalue weighted by molar-refractivity contribution is 0.101. The molecule has 0 aliphatic heterocycles. The molecule has 0 aromatic rings. The number of ether oxygens (including phenoxy) is 1. The van der Waals surface area contributed by atoms with Gasteiger partial charge in [0.05, 0.1) is 6.61 Å². The fourth-order valence-corrected chi connectivity index (χ4v) is 3.45. The molecule has 0 spiro atoms. The SMILES string of the molecule is CCCCCCCCCCN(CCCCCCCCCC)C(=O)OCCC. The summed E-state index contributed by atoms with van der Waals surface area (Å²) in [6.07, 6.45) is 21.7.